The van der Waals surface area contributed by atoms with Gasteiger partial charge < -0.3 is 9.47 Å². The summed E-state index contributed by atoms with van der Waals surface area (Å²) in [7, 11) is 0. The normalized spacial score (nSPS) is 27.0. The fraction of sp³-hybridized carbons (Fsp3) is 0.137. The van der Waals surface area contributed by atoms with Crippen molar-refractivity contribution in [3.8, 4) is 27.9 Å². The highest BCUT2D eigenvalue weighted by Gasteiger charge is 2.54. The molecule has 2 nitrogen and oxygen atoms in total. The monoisotopic (exact) mass is 676 g/mol. The molecule has 2 heteroatoms. The third-order valence-corrected chi connectivity index (χ3v) is 13.8. The number of nitrogens with zero attached hydrogens (tertiary/aromatic N) is 2. The van der Waals surface area contributed by atoms with E-state index in [2.05, 4.69) is 186 Å². The molecule has 6 aromatic rings. The highest BCUT2D eigenvalue weighted by atomic mass is 15.2. The summed E-state index contributed by atoms with van der Waals surface area (Å²) in [4.78, 5) is 2.60. The van der Waals surface area contributed by atoms with Crippen LogP contribution in [-0.2, 0) is 0 Å². The molecule has 1 aromatic heterocycles. The summed E-state index contributed by atoms with van der Waals surface area (Å²) in [6.45, 7) is 2.45. The molecule has 2 heterocycles. The maximum absolute atomic E-state index is 2.60. The van der Waals surface area contributed by atoms with Crippen LogP contribution in [0.2, 0.25) is 0 Å². The van der Waals surface area contributed by atoms with E-state index >= 15 is 0 Å². The summed E-state index contributed by atoms with van der Waals surface area (Å²) in [6, 6.07) is 37.1. The van der Waals surface area contributed by atoms with Crippen molar-refractivity contribution in [2.45, 2.75) is 24.8 Å². The van der Waals surface area contributed by atoms with Gasteiger partial charge in [0.15, 0.2) is 0 Å². The molecule has 0 radical (unpaired) electrons. The van der Waals surface area contributed by atoms with Crippen LogP contribution in [0, 0.1) is 17.3 Å². The maximum Gasteiger partial charge on any atom is 0.0629 e. The molecule has 5 aromatic carbocycles. The third-order valence-electron chi connectivity index (χ3n) is 13.8. The van der Waals surface area contributed by atoms with Gasteiger partial charge in [-0.15, -0.1) is 0 Å². The van der Waals surface area contributed by atoms with E-state index in [1.165, 1.54) is 77.8 Å². The molecule has 250 valence electrons. The predicted octanol–water partition coefficient (Wildman–Crippen LogP) is 12.5. The van der Waals surface area contributed by atoms with Crippen molar-refractivity contribution in [1.29, 1.82) is 0 Å². The van der Waals surface area contributed by atoms with E-state index in [0.29, 0.717) is 23.7 Å². The van der Waals surface area contributed by atoms with Crippen molar-refractivity contribution in [2.24, 2.45) is 17.3 Å². The molecule has 7 aliphatic rings. The summed E-state index contributed by atoms with van der Waals surface area (Å²) in [5.74, 6) is 1.43. The average molecular weight is 677 g/mol. The van der Waals surface area contributed by atoms with Gasteiger partial charge in [0.1, 0.15) is 0 Å². The minimum absolute atomic E-state index is 0.0287. The third kappa shape index (κ3) is 3.41. The number of fused-ring (bicyclic) bond motifs is 14. The van der Waals surface area contributed by atoms with Gasteiger partial charge in [0, 0.05) is 51.5 Å². The van der Waals surface area contributed by atoms with Gasteiger partial charge in [-0.2, -0.15) is 0 Å². The van der Waals surface area contributed by atoms with Crippen molar-refractivity contribution in [1.82, 2.24) is 4.57 Å². The summed E-state index contributed by atoms with van der Waals surface area (Å²) in [5.41, 5.74) is 17.9. The minimum atomic E-state index is 0.0287. The van der Waals surface area contributed by atoms with Crippen LogP contribution in [-0.4, -0.2) is 10.6 Å². The Balaban J connectivity index is 0.985. The summed E-state index contributed by atoms with van der Waals surface area (Å²) >= 11 is 0. The molecule has 0 amide bonds. The van der Waals surface area contributed by atoms with Crippen LogP contribution in [0.5, 0.6) is 0 Å². The Morgan fingerprint density at radius 2 is 1.34 bits per heavy atom. The van der Waals surface area contributed by atoms with Gasteiger partial charge in [-0.3, -0.25) is 0 Å². The average Bonchev–Trinajstić information content (AvgIpc) is 3.91. The van der Waals surface area contributed by atoms with Crippen LogP contribution >= 0.6 is 0 Å². The largest absolute Gasteiger partial charge is 0.333 e. The molecule has 0 saturated heterocycles. The number of anilines is 2. The number of aromatic nitrogens is 1. The lowest BCUT2D eigenvalue weighted by atomic mass is 9.70. The first kappa shape index (κ1) is 28.5. The molecular formula is C51H36N2. The molecule has 6 unspecified atom stereocenters. The first-order valence-electron chi connectivity index (χ1n) is 19.2. The number of hydrogen-bond donors (Lipinski definition) is 0. The van der Waals surface area contributed by atoms with Gasteiger partial charge in [-0.05, 0) is 86.6 Å². The second kappa shape index (κ2) is 9.85. The highest BCUT2D eigenvalue weighted by molar-refractivity contribution is 6.18. The van der Waals surface area contributed by atoms with Gasteiger partial charge >= 0.3 is 0 Å². The Bertz CT molecular complexity index is 2880. The van der Waals surface area contributed by atoms with Crippen LogP contribution in [0.4, 0.5) is 11.4 Å². The van der Waals surface area contributed by atoms with Crippen LogP contribution in [0.25, 0.3) is 55.7 Å². The molecule has 13 rings (SSSR count). The van der Waals surface area contributed by atoms with E-state index < -0.39 is 0 Å². The second-order valence-corrected chi connectivity index (χ2v) is 16.1. The zero-order valence-electron chi connectivity index (χ0n) is 29.4. The fourth-order valence-electron chi connectivity index (χ4n) is 11.7. The Morgan fingerprint density at radius 3 is 2.25 bits per heavy atom. The molecule has 1 fully saturated rings. The predicted molar refractivity (Wildman–Crippen MR) is 220 cm³/mol. The number of rotatable bonds is 2. The molecular weight excluding hydrogens is 641 g/mol. The maximum atomic E-state index is 2.60. The second-order valence-electron chi connectivity index (χ2n) is 16.1. The standard InChI is InChI=1S/C51H36N2/c1-51-27-9-8-19-41(51)40-29-46-50(38-18-11-20-42(51)48(38)40)36-15-5-7-22-44(36)53(46)31-25-23-30(24-26-31)52-43-21-6-4-14-35(43)49-37-17-10-16-34-32-12-2-3-13-33(32)39(47(34)37)28-45(49)52/h2-29,35,38,41,43,48H,1H3. The lowest BCUT2D eigenvalue weighted by Crippen LogP contribution is -2.28. The van der Waals surface area contributed by atoms with Gasteiger partial charge in [0.05, 0.1) is 17.3 Å². The van der Waals surface area contributed by atoms with Crippen molar-refractivity contribution in [3.63, 3.8) is 0 Å². The van der Waals surface area contributed by atoms with E-state index in [-0.39, 0.29) is 11.5 Å². The lowest BCUT2D eigenvalue weighted by Gasteiger charge is -2.33. The Morgan fingerprint density at radius 1 is 0.604 bits per heavy atom. The smallest absolute Gasteiger partial charge is 0.0629 e. The number of hydrogen-bond acceptors (Lipinski definition) is 1. The van der Waals surface area contributed by atoms with E-state index in [1.807, 2.05) is 0 Å². The summed E-state index contributed by atoms with van der Waals surface area (Å²) in [5, 5.41) is 4.16. The summed E-state index contributed by atoms with van der Waals surface area (Å²) < 4.78 is 2.54. The Kier molecular flexibility index (Phi) is 5.29. The van der Waals surface area contributed by atoms with E-state index in [4.69, 9.17) is 0 Å². The molecule has 0 spiro atoms. The SMILES string of the molecule is CC12C=CC=CC1C1=Cc3c(c4ccccc4n3-c3ccc(N4c5cc6c7c(cccc7c5C5C=CC=CC54)-c4ccccc4-6)cc3)C3C=CC=C2C13. The van der Waals surface area contributed by atoms with Crippen molar-refractivity contribution >= 4 is 39.1 Å². The minimum Gasteiger partial charge on any atom is -0.333 e. The van der Waals surface area contributed by atoms with E-state index in [0.717, 1.165) is 0 Å². The zero-order valence-corrected chi connectivity index (χ0v) is 29.4. The van der Waals surface area contributed by atoms with Gasteiger partial charge in [0.25, 0.3) is 0 Å². The quantitative estimate of drug-likeness (QED) is 0.177. The lowest BCUT2D eigenvalue weighted by molar-refractivity contribution is 0.452. The Labute approximate surface area is 309 Å². The van der Waals surface area contributed by atoms with Gasteiger partial charge in [0.2, 0.25) is 0 Å². The van der Waals surface area contributed by atoms with E-state index in [9.17, 15) is 0 Å². The molecule has 1 saturated carbocycles. The van der Waals surface area contributed by atoms with Crippen LogP contribution in [0.3, 0.4) is 0 Å². The fourth-order valence-corrected chi connectivity index (χ4v) is 11.7. The van der Waals surface area contributed by atoms with Crippen molar-refractivity contribution in [3.05, 3.63) is 192 Å². The Hall–Kier alpha value is -6.12. The molecule has 1 aliphatic heterocycles. The van der Waals surface area contributed by atoms with Crippen LogP contribution < -0.4 is 4.90 Å². The van der Waals surface area contributed by atoms with Gasteiger partial charge in [-0.1, -0.05) is 146 Å². The van der Waals surface area contributed by atoms with Gasteiger partial charge in [-0.25, -0.2) is 0 Å². The highest BCUT2D eigenvalue weighted by Crippen LogP contribution is 2.64. The molecule has 6 aliphatic carbocycles. The molecule has 53 heavy (non-hydrogen) atoms. The van der Waals surface area contributed by atoms with Crippen LogP contribution in [0.1, 0.15) is 35.6 Å². The number of benzene rings is 5. The van der Waals surface area contributed by atoms with Crippen molar-refractivity contribution < 1.29 is 0 Å². The topological polar surface area (TPSA) is 8.17 Å². The summed E-state index contributed by atoms with van der Waals surface area (Å²) in [6.07, 6.45) is 28.5. The molecule has 0 bridgehead atoms. The van der Waals surface area contributed by atoms with Crippen LogP contribution in [0.15, 0.2) is 175 Å². The first-order chi connectivity index (χ1) is 26.2. The molecule has 0 N–H and O–H groups in total. The van der Waals surface area contributed by atoms with E-state index in [1.54, 1.807) is 11.1 Å². The van der Waals surface area contributed by atoms with Crippen molar-refractivity contribution in [2.75, 3.05) is 4.90 Å². The zero-order chi connectivity index (χ0) is 34.6. The number of para-hydroxylation sites is 1. The molecule has 6 atom stereocenters. The number of allylic oxidation sites excluding steroid dienone is 11. The first-order valence-corrected chi connectivity index (χ1v) is 19.2.